The van der Waals surface area contributed by atoms with Crippen molar-refractivity contribution in [2.75, 3.05) is 53.0 Å². The van der Waals surface area contributed by atoms with Crippen LogP contribution in [0.4, 0.5) is 0 Å². The fourth-order valence-electron chi connectivity index (χ4n) is 2.79. The van der Waals surface area contributed by atoms with Gasteiger partial charge in [0.15, 0.2) is 11.5 Å². The molecule has 3 rings (SSSR count). The van der Waals surface area contributed by atoms with E-state index < -0.39 is 0 Å². The van der Waals surface area contributed by atoms with Crippen molar-refractivity contribution in [3.63, 3.8) is 0 Å². The SMILES string of the molecule is CN1CCOC(CNCC(=O)NCC2COc3ccccc3O2)C1. The smallest absolute Gasteiger partial charge is 0.234 e. The van der Waals surface area contributed by atoms with Crippen molar-refractivity contribution in [1.29, 1.82) is 0 Å². The van der Waals surface area contributed by atoms with Crippen molar-refractivity contribution >= 4 is 5.91 Å². The maximum Gasteiger partial charge on any atom is 0.234 e. The normalized spacial score (nSPS) is 23.7. The van der Waals surface area contributed by atoms with Crippen molar-refractivity contribution in [3.8, 4) is 11.5 Å². The first-order chi connectivity index (χ1) is 11.7. The van der Waals surface area contributed by atoms with Gasteiger partial charge in [-0.05, 0) is 19.2 Å². The molecule has 0 aromatic heterocycles. The first-order valence-electron chi connectivity index (χ1n) is 8.37. The Morgan fingerprint density at radius 1 is 1.25 bits per heavy atom. The molecule has 2 unspecified atom stereocenters. The number of likely N-dealkylation sites (N-methyl/N-ethyl adjacent to an activating group) is 1. The van der Waals surface area contributed by atoms with E-state index in [1.54, 1.807) is 0 Å². The van der Waals surface area contributed by atoms with Crippen LogP contribution >= 0.6 is 0 Å². The number of hydrogen-bond acceptors (Lipinski definition) is 6. The van der Waals surface area contributed by atoms with Crippen LogP contribution in [-0.4, -0.2) is 76.0 Å². The van der Waals surface area contributed by atoms with Crippen LogP contribution in [0.25, 0.3) is 0 Å². The summed E-state index contributed by atoms with van der Waals surface area (Å²) in [6, 6.07) is 7.55. The quantitative estimate of drug-likeness (QED) is 0.754. The second-order valence-corrected chi connectivity index (χ2v) is 6.19. The van der Waals surface area contributed by atoms with Crippen molar-refractivity contribution in [1.82, 2.24) is 15.5 Å². The van der Waals surface area contributed by atoms with E-state index in [2.05, 4.69) is 22.6 Å². The molecule has 1 amide bonds. The van der Waals surface area contributed by atoms with Crippen LogP contribution in [0.5, 0.6) is 11.5 Å². The summed E-state index contributed by atoms with van der Waals surface area (Å²) in [5.41, 5.74) is 0. The number of para-hydroxylation sites is 2. The highest BCUT2D eigenvalue weighted by Gasteiger charge is 2.21. The zero-order chi connectivity index (χ0) is 16.8. The summed E-state index contributed by atoms with van der Waals surface area (Å²) >= 11 is 0. The zero-order valence-corrected chi connectivity index (χ0v) is 14.0. The lowest BCUT2D eigenvalue weighted by molar-refractivity contribution is -0.120. The molecule has 2 aliphatic rings. The van der Waals surface area contributed by atoms with Crippen molar-refractivity contribution in [2.45, 2.75) is 12.2 Å². The Bertz CT molecular complexity index is 554. The topological polar surface area (TPSA) is 72.1 Å². The van der Waals surface area contributed by atoms with Gasteiger partial charge in [0.05, 0.1) is 25.8 Å². The summed E-state index contributed by atoms with van der Waals surface area (Å²) < 4.78 is 17.1. The maximum atomic E-state index is 11.9. The molecule has 1 fully saturated rings. The maximum absolute atomic E-state index is 11.9. The van der Waals surface area contributed by atoms with Gasteiger partial charge in [0.2, 0.25) is 5.91 Å². The minimum Gasteiger partial charge on any atom is -0.486 e. The van der Waals surface area contributed by atoms with E-state index in [-0.39, 0.29) is 24.7 Å². The van der Waals surface area contributed by atoms with Crippen LogP contribution in [0, 0.1) is 0 Å². The van der Waals surface area contributed by atoms with Gasteiger partial charge in [-0.3, -0.25) is 4.79 Å². The lowest BCUT2D eigenvalue weighted by Gasteiger charge is -2.30. The summed E-state index contributed by atoms with van der Waals surface area (Å²) in [6.45, 7) is 4.41. The largest absolute Gasteiger partial charge is 0.486 e. The Morgan fingerprint density at radius 2 is 2.08 bits per heavy atom. The van der Waals surface area contributed by atoms with Crippen LogP contribution in [-0.2, 0) is 9.53 Å². The van der Waals surface area contributed by atoms with Crippen LogP contribution in [0.3, 0.4) is 0 Å². The van der Waals surface area contributed by atoms with Gasteiger partial charge in [0.25, 0.3) is 0 Å². The Labute approximate surface area is 142 Å². The molecule has 2 atom stereocenters. The van der Waals surface area contributed by atoms with Gasteiger partial charge in [0, 0.05) is 19.6 Å². The average molecular weight is 335 g/mol. The monoisotopic (exact) mass is 335 g/mol. The van der Waals surface area contributed by atoms with Crippen LogP contribution in [0.1, 0.15) is 0 Å². The second kappa shape index (κ2) is 8.32. The first kappa shape index (κ1) is 17.0. The number of ether oxygens (including phenoxy) is 3. The molecule has 24 heavy (non-hydrogen) atoms. The molecule has 1 saturated heterocycles. The Morgan fingerprint density at radius 3 is 2.92 bits per heavy atom. The first-order valence-corrected chi connectivity index (χ1v) is 8.37. The molecule has 0 spiro atoms. The highest BCUT2D eigenvalue weighted by molar-refractivity contribution is 5.78. The molecule has 2 N–H and O–H groups in total. The van der Waals surface area contributed by atoms with E-state index in [9.17, 15) is 4.79 Å². The van der Waals surface area contributed by atoms with Gasteiger partial charge in [-0.15, -0.1) is 0 Å². The highest BCUT2D eigenvalue weighted by atomic mass is 16.6. The number of carbonyl (C=O) groups excluding carboxylic acids is 1. The molecule has 7 heteroatoms. The lowest BCUT2D eigenvalue weighted by atomic mass is 10.2. The number of fused-ring (bicyclic) bond motifs is 1. The highest BCUT2D eigenvalue weighted by Crippen LogP contribution is 2.30. The van der Waals surface area contributed by atoms with Gasteiger partial charge in [-0.2, -0.15) is 0 Å². The van der Waals surface area contributed by atoms with E-state index in [0.717, 1.165) is 31.2 Å². The predicted octanol–water partition coefficient (Wildman–Crippen LogP) is -0.137. The summed E-state index contributed by atoms with van der Waals surface area (Å²) in [6.07, 6.45) is -0.0256. The summed E-state index contributed by atoms with van der Waals surface area (Å²) in [5.74, 6) is 1.42. The predicted molar refractivity (Wildman–Crippen MR) is 89.5 cm³/mol. The van der Waals surface area contributed by atoms with Crippen LogP contribution in [0.2, 0.25) is 0 Å². The molecular formula is C17H25N3O4. The van der Waals surface area contributed by atoms with Crippen LogP contribution < -0.4 is 20.1 Å². The minimum atomic E-state index is -0.167. The molecule has 2 heterocycles. The third-order valence-corrected chi connectivity index (χ3v) is 4.09. The number of hydrogen-bond donors (Lipinski definition) is 2. The molecule has 1 aromatic carbocycles. The molecule has 0 radical (unpaired) electrons. The van der Waals surface area contributed by atoms with Gasteiger partial charge < -0.3 is 29.7 Å². The molecule has 1 aromatic rings. The molecule has 132 valence electrons. The average Bonchev–Trinajstić information content (AvgIpc) is 2.60. The molecule has 2 aliphatic heterocycles. The number of morpholine rings is 1. The lowest BCUT2D eigenvalue weighted by Crippen LogP contribution is -2.47. The van der Waals surface area contributed by atoms with E-state index in [0.29, 0.717) is 19.7 Å². The molecule has 7 nitrogen and oxygen atoms in total. The number of rotatable bonds is 6. The summed E-state index contributed by atoms with van der Waals surface area (Å²) in [7, 11) is 2.08. The summed E-state index contributed by atoms with van der Waals surface area (Å²) in [5, 5.41) is 6.02. The van der Waals surface area contributed by atoms with Crippen molar-refractivity contribution in [2.24, 2.45) is 0 Å². The third kappa shape index (κ3) is 4.83. The van der Waals surface area contributed by atoms with E-state index >= 15 is 0 Å². The Hall–Kier alpha value is -1.83. The van der Waals surface area contributed by atoms with Crippen molar-refractivity contribution in [3.05, 3.63) is 24.3 Å². The Balaban J connectivity index is 1.32. The fraction of sp³-hybridized carbons (Fsp3) is 0.588. The molecule has 0 bridgehead atoms. The number of nitrogens with one attached hydrogen (secondary N) is 2. The van der Waals surface area contributed by atoms with Crippen molar-refractivity contribution < 1.29 is 19.0 Å². The van der Waals surface area contributed by atoms with Gasteiger partial charge in [0.1, 0.15) is 12.7 Å². The van der Waals surface area contributed by atoms with E-state index in [1.165, 1.54) is 0 Å². The molecule has 0 aliphatic carbocycles. The number of nitrogens with zero attached hydrogens (tertiary/aromatic N) is 1. The van der Waals surface area contributed by atoms with Crippen LogP contribution in [0.15, 0.2) is 24.3 Å². The van der Waals surface area contributed by atoms with E-state index in [4.69, 9.17) is 14.2 Å². The Kier molecular flexibility index (Phi) is 5.90. The molecular weight excluding hydrogens is 310 g/mol. The third-order valence-electron chi connectivity index (χ3n) is 4.09. The number of benzene rings is 1. The minimum absolute atomic E-state index is 0.0541. The van der Waals surface area contributed by atoms with Gasteiger partial charge >= 0.3 is 0 Å². The number of carbonyl (C=O) groups is 1. The zero-order valence-electron chi connectivity index (χ0n) is 14.0. The second-order valence-electron chi connectivity index (χ2n) is 6.19. The van der Waals surface area contributed by atoms with Gasteiger partial charge in [-0.25, -0.2) is 0 Å². The van der Waals surface area contributed by atoms with Gasteiger partial charge in [-0.1, -0.05) is 12.1 Å². The standard InChI is InChI=1S/C17H25N3O4/c1-20-6-7-22-13(11-20)8-18-10-17(21)19-9-14-12-23-15-4-2-3-5-16(15)24-14/h2-5,13-14,18H,6-12H2,1H3,(H,19,21). The fourth-order valence-corrected chi connectivity index (χ4v) is 2.79. The summed E-state index contributed by atoms with van der Waals surface area (Å²) in [4.78, 5) is 14.1. The van der Waals surface area contributed by atoms with E-state index in [1.807, 2.05) is 24.3 Å². The number of amides is 1. The molecule has 0 saturated carbocycles.